The average molecular weight is 373 g/mol. The lowest BCUT2D eigenvalue weighted by Crippen LogP contribution is -2.47. The van der Waals surface area contributed by atoms with Crippen LogP contribution in [0.4, 0.5) is 10.5 Å². The number of nitrogens with one attached hydrogen (secondary N) is 3. The number of rotatable bonds is 4. The largest absolute Gasteiger partial charge is 0.341 e. The number of nitrogens with zero attached hydrogens (tertiary/aromatic N) is 1. The van der Waals surface area contributed by atoms with Gasteiger partial charge in [0.2, 0.25) is 11.8 Å². The summed E-state index contributed by atoms with van der Waals surface area (Å²) in [4.78, 5) is 37.2. The second-order valence-corrected chi connectivity index (χ2v) is 6.21. The van der Waals surface area contributed by atoms with Crippen molar-refractivity contribution in [2.75, 3.05) is 25.5 Å². The van der Waals surface area contributed by atoms with Gasteiger partial charge in [-0.1, -0.05) is 23.2 Å². The van der Waals surface area contributed by atoms with E-state index >= 15 is 0 Å². The fraction of sp³-hybridized carbons (Fsp3) is 0.400. The molecule has 3 N–H and O–H groups in total. The Labute approximate surface area is 149 Å². The Kier molecular flexibility index (Phi) is 6.42. The molecule has 1 heterocycles. The summed E-state index contributed by atoms with van der Waals surface area (Å²) in [5.41, 5.74) is 0.465. The number of hydrogen-bond acceptors (Lipinski definition) is 4. The first-order chi connectivity index (χ1) is 11.4. The molecule has 24 heavy (non-hydrogen) atoms. The lowest BCUT2D eigenvalue weighted by atomic mass is 10.2. The number of urea groups is 1. The lowest BCUT2D eigenvalue weighted by Gasteiger charge is -2.23. The van der Waals surface area contributed by atoms with Gasteiger partial charge in [0.05, 0.1) is 23.3 Å². The highest BCUT2D eigenvalue weighted by Crippen LogP contribution is 2.26. The minimum Gasteiger partial charge on any atom is -0.341 e. The van der Waals surface area contributed by atoms with Crippen molar-refractivity contribution < 1.29 is 14.4 Å². The van der Waals surface area contributed by atoms with Crippen molar-refractivity contribution in [2.45, 2.75) is 18.9 Å². The monoisotopic (exact) mass is 372 g/mol. The van der Waals surface area contributed by atoms with E-state index in [1.54, 1.807) is 23.1 Å². The van der Waals surface area contributed by atoms with E-state index in [9.17, 15) is 14.4 Å². The molecule has 0 aromatic heterocycles. The molecular formula is C15H18Cl2N4O3. The molecule has 0 spiro atoms. The summed E-state index contributed by atoms with van der Waals surface area (Å²) in [6, 6.07) is 3.77. The van der Waals surface area contributed by atoms with Gasteiger partial charge in [0.25, 0.3) is 0 Å². The van der Waals surface area contributed by atoms with Gasteiger partial charge in [-0.3, -0.25) is 19.8 Å². The summed E-state index contributed by atoms with van der Waals surface area (Å²) in [7, 11) is 1.42. The summed E-state index contributed by atoms with van der Waals surface area (Å²) in [6.07, 6.45) is 1.42. The molecule has 0 aliphatic carbocycles. The van der Waals surface area contributed by atoms with Crippen LogP contribution in [0.2, 0.25) is 10.0 Å². The third-order valence-corrected chi connectivity index (χ3v) is 4.23. The van der Waals surface area contributed by atoms with Crippen LogP contribution >= 0.6 is 23.2 Å². The van der Waals surface area contributed by atoms with Crippen LogP contribution in [0.1, 0.15) is 12.8 Å². The van der Waals surface area contributed by atoms with Crippen LogP contribution in [0.25, 0.3) is 0 Å². The number of hydrogen-bond donors (Lipinski definition) is 3. The second kappa shape index (κ2) is 8.32. The van der Waals surface area contributed by atoms with Crippen molar-refractivity contribution in [3.63, 3.8) is 0 Å². The van der Waals surface area contributed by atoms with Crippen molar-refractivity contribution in [1.82, 2.24) is 15.5 Å². The molecule has 1 fully saturated rings. The minimum atomic E-state index is -0.576. The molecule has 1 saturated heterocycles. The normalized spacial score (nSPS) is 17.4. The summed E-state index contributed by atoms with van der Waals surface area (Å²) in [6.45, 7) is 0.577. The van der Waals surface area contributed by atoms with Gasteiger partial charge in [0.15, 0.2) is 0 Å². The van der Waals surface area contributed by atoms with Gasteiger partial charge < -0.3 is 10.6 Å². The molecule has 0 radical (unpaired) electrons. The number of carbonyl (C=O) groups is 3. The zero-order valence-electron chi connectivity index (χ0n) is 13.1. The van der Waals surface area contributed by atoms with Crippen LogP contribution < -0.4 is 16.0 Å². The molecule has 0 saturated carbocycles. The molecule has 1 aromatic carbocycles. The maximum absolute atomic E-state index is 12.5. The molecule has 130 valence electrons. The molecule has 2 rings (SSSR count). The number of amides is 4. The topological polar surface area (TPSA) is 90.5 Å². The number of halogens is 2. The first-order valence-corrected chi connectivity index (χ1v) is 8.18. The Hall–Kier alpha value is -1.83. The van der Waals surface area contributed by atoms with E-state index in [-0.39, 0.29) is 12.5 Å². The third-order valence-electron chi connectivity index (χ3n) is 3.68. The number of anilines is 1. The Bertz CT molecular complexity index is 654. The summed E-state index contributed by atoms with van der Waals surface area (Å²) in [5.74, 6) is -0.706. The SMILES string of the molecule is CNC(=O)NC(=O)CN1CCC[C@H]1C(=O)Nc1ccc(Cl)cc1Cl. The van der Waals surface area contributed by atoms with E-state index in [1.807, 2.05) is 0 Å². The maximum atomic E-state index is 12.5. The van der Waals surface area contributed by atoms with Gasteiger partial charge in [-0.2, -0.15) is 0 Å². The van der Waals surface area contributed by atoms with E-state index in [4.69, 9.17) is 23.2 Å². The van der Waals surface area contributed by atoms with Crippen LogP contribution in [0.15, 0.2) is 18.2 Å². The van der Waals surface area contributed by atoms with E-state index in [1.165, 1.54) is 7.05 Å². The van der Waals surface area contributed by atoms with Crippen LogP contribution in [0.5, 0.6) is 0 Å². The molecule has 4 amide bonds. The summed E-state index contributed by atoms with van der Waals surface area (Å²) < 4.78 is 0. The van der Waals surface area contributed by atoms with Gasteiger partial charge in [-0.05, 0) is 37.6 Å². The van der Waals surface area contributed by atoms with Crippen LogP contribution in [0, 0.1) is 0 Å². The van der Waals surface area contributed by atoms with Crippen molar-refractivity contribution in [3.05, 3.63) is 28.2 Å². The van der Waals surface area contributed by atoms with Gasteiger partial charge in [-0.25, -0.2) is 4.79 Å². The van der Waals surface area contributed by atoms with Crippen molar-refractivity contribution in [3.8, 4) is 0 Å². The number of imide groups is 1. The first kappa shape index (κ1) is 18.5. The smallest absolute Gasteiger partial charge is 0.321 e. The highest BCUT2D eigenvalue weighted by atomic mass is 35.5. The zero-order chi connectivity index (χ0) is 17.7. The molecule has 0 bridgehead atoms. The highest BCUT2D eigenvalue weighted by Gasteiger charge is 2.32. The Morgan fingerprint density at radius 1 is 1.29 bits per heavy atom. The molecular weight excluding hydrogens is 355 g/mol. The molecule has 7 nitrogen and oxygen atoms in total. The molecule has 1 atom stereocenters. The first-order valence-electron chi connectivity index (χ1n) is 7.42. The molecule has 1 aliphatic heterocycles. The molecule has 0 unspecified atom stereocenters. The van der Waals surface area contributed by atoms with E-state index < -0.39 is 18.0 Å². The Morgan fingerprint density at radius 3 is 2.71 bits per heavy atom. The molecule has 1 aromatic rings. The summed E-state index contributed by atoms with van der Waals surface area (Å²) in [5, 5.41) is 8.06. The fourth-order valence-corrected chi connectivity index (χ4v) is 2.99. The summed E-state index contributed by atoms with van der Waals surface area (Å²) >= 11 is 11.9. The van der Waals surface area contributed by atoms with Gasteiger partial charge in [-0.15, -0.1) is 0 Å². The molecule has 9 heteroatoms. The zero-order valence-corrected chi connectivity index (χ0v) is 14.6. The van der Waals surface area contributed by atoms with E-state index in [0.717, 1.165) is 6.42 Å². The number of benzene rings is 1. The van der Waals surface area contributed by atoms with Crippen LogP contribution in [0.3, 0.4) is 0 Å². The van der Waals surface area contributed by atoms with Crippen molar-refractivity contribution in [1.29, 1.82) is 0 Å². The van der Waals surface area contributed by atoms with Gasteiger partial charge in [0.1, 0.15) is 0 Å². The predicted octanol–water partition coefficient (Wildman–Crippen LogP) is 1.85. The van der Waals surface area contributed by atoms with Crippen LogP contribution in [-0.4, -0.2) is 48.9 Å². The minimum absolute atomic E-state index is 0.0279. The quantitative estimate of drug-likeness (QED) is 0.752. The lowest BCUT2D eigenvalue weighted by molar-refractivity contribution is -0.124. The van der Waals surface area contributed by atoms with E-state index in [2.05, 4.69) is 16.0 Å². The number of carbonyl (C=O) groups excluding carboxylic acids is 3. The van der Waals surface area contributed by atoms with Gasteiger partial charge >= 0.3 is 6.03 Å². The Morgan fingerprint density at radius 2 is 2.04 bits per heavy atom. The standard InChI is InChI=1S/C15H18Cl2N4O3/c1-18-15(24)20-13(22)8-21-6-2-3-12(21)14(23)19-11-5-4-9(16)7-10(11)17/h4-5,7,12H,2-3,6,8H2,1H3,(H,19,23)(H2,18,20,22,24)/t12-/m0/s1. The van der Waals surface area contributed by atoms with E-state index in [0.29, 0.717) is 28.7 Å². The average Bonchev–Trinajstić information content (AvgIpc) is 2.97. The van der Waals surface area contributed by atoms with Gasteiger partial charge in [0, 0.05) is 12.1 Å². The predicted molar refractivity (Wildman–Crippen MR) is 92.3 cm³/mol. The second-order valence-electron chi connectivity index (χ2n) is 5.37. The number of likely N-dealkylation sites (tertiary alicyclic amines) is 1. The Balaban J connectivity index is 1.97. The third kappa shape index (κ3) is 4.83. The highest BCUT2D eigenvalue weighted by molar-refractivity contribution is 6.36. The molecule has 1 aliphatic rings. The maximum Gasteiger partial charge on any atom is 0.321 e. The fourth-order valence-electron chi connectivity index (χ4n) is 2.53. The van der Waals surface area contributed by atoms with Crippen LogP contribution in [-0.2, 0) is 9.59 Å². The van der Waals surface area contributed by atoms with Crippen molar-refractivity contribution >= 4 is 46.7 Å². The van der Waals surface area contributed by atoms with Crippen molar-refractivity contribution in [2.24, 2.45) is 0 Å².